The van der Waals surface area contributed by atoms with Crippen LogP contribution >= 0.6 is 0 Å². The summed E-state index contributed by atoms with van der Waals surface area (Å²) in [5.41, 5.74) is 1.58. The van der Waals surface area contributed by atoms with Gasteiger partial charge in [0, 0.05) is 11.1 Å². The van der Waals surface area contributed by atoms with Crippen LogP contribution < -0.4 is 0 Å². The Morgan fingerprint density at radius 1 is 1.08 bits per heavy atom. The van der Waals surface area contributed by atoms with E-state index in [9.17, 15) is 10.2 Å². The minimum absolute atomic E-state index is 0.106. The van der Waals surface area contributed by atoms with Gasteiger partial charge in [-0.15, -0.1) is 0 Å². The van der Waals surface area contributed by atoms with E-state index in [1.807, 2.05) is 6.92 Å². The van der Waals surface area contributed by atoms with Crippen molar-refractivity contribution in [2.45, 2.75) is 6.92 Å². The monoisotopic (exact) mass is 175 g/mol. The molecule has 1 aromatic carbocycles. The van der Waals surface area contributed by atoms with Gasteiger partial charge in [-0.05, 0) is 31.2 Å². The van der Waals surface area contributed by atoms with Gasteiger partial charge in [-0.2, -0.15) is 0 Å². The van der Waals surface area contributed by atoms with Crippen molar-refractivity contribution in [1.29, 1.82) is 0 Å². The summed E-state index contributed by atoms with van der Waals surface area (Å²) in [6, 6.07) is 6.65. The average Bonchev–Trinajstić information content (AvgIpc) is 2.12. The van der Waals surface area contributed by atoms with Crippen molar-refractivity contribution < 1.29 is 10.2 Å². The molecule has 0 unspecified atom stereocenters. The Bertz CT molecular complexity index is 466. The first-order chi connectivity index (χ1) is 6.18. The molecule has 0 aliphatic heterocycles. The van der Waals surface area contributed by atoms with Crippen LogP contribution in [0.5, 0.6) is 11.5 Å². The average molecular weight is 175 g/mol. The Balaban J connectivity index is 2.87. The molecular weight excluding hydrogens is 166 g/mol. The zero-order valence-corrected chi connectivity index (χ0v) is 7.15. The van der Waals surface area contributed by atoms with Crippen LogP contribution in [0, 0.1) is 6.92 Å². The van der Waals surface area contributed by atoms with Gasteiger partial charge in [0.15, 0.2) is 11.5 Å². The molecule has 2 rings (SSSR count). The highest BCUT2D eigenvalue weighted by molar-refractivity contribution is 5.87. The molecule has 0 saturated heterocycles. The van der Waals surface area contributed by atoms with Crippen molar-refractivity contribution in [3.8, 4) is 11.5 Å². The van der Waals surface area contributed by atoms with Gasteiger partial charge < -0.3 is 10.2 Å². The van der Waals surface area contributed by atoms with Gasteiger partial charge in [-0.1, -0.05) is 0 Å². The minimum Gasteiger partial charge on any atom is -0.504 e. The Morgan fingerprint density at radius 2 is 1.85 bits per heavy atom. The lowest BCUT2D eigenvalue weighted by molar-refractivity contribution is 0.408. The molecule has 0 aliphatic carbocycles. The molecule has 3 heteroatoms. The van der Waals surface area contributed by atoms with E-state index in [-0.39, 0.29) is 11.5 Å². The molecule has 0 atom stereocenters. The van der Waals surface area contributed by atoms with Gasteiger partial charge in [0.05, 0.1) is 5.52 Å². The smallest absolute Gasteiger partial charge is 0.167 e. The van der Waals surface area contributed by atoms with Crippen molar-refractivity contribution in [3.05, 3.63) is 30.0 Å². The van der Waals surface area contributed by atoms with Crippen LogP contribution in [0.25, 0.3) is 10.9 Å². The van der Waals surface area contributed by atoms with E-state index in [1.165, 1.54) is 6.07 Å². The summed E-state index contributed by atoms with van der Waals surface area (Å²) in [4.78, 5) is 4.21. The highest BCUT2D eigenvalue weighted by Gasteiger charge is 2.04. The van der Waals surface area contributed by atoms with Crippen LogP contribution in [0.2, 0.25) is 0 Å². The van der Waals surface area contributed by atoms with Gasteiger partial charge in [-0.25, -0.2) is 0 Å². The molecule has 3 nitrogen and oxygen atoms in total. The van der Waals surface area contributed by atoms with E-state index >= 15 is 0 Å². The standard InChI is InChI=1S/C10H9NO2/c1-6-2-3-7-8(11-6)4-5-9(12)10(7)13/h2-5,12-13H,1H3. The number of rotatable bonds is 0. The lowest BCUT2D eigenvalue weighted by Crippen LogP contribution is -1.83. The Morgan fingerprint density at radius 3 is 2.62 bits per heavy atom. The molecule has 0 spiro atoms. The van der Waals surface area contributed by atoms with E-state index in [4.69, 9.17) is 0 Å². The van der Waals surface area contributed by atoms with Gasteiger partial charge in [0.25, 0.3) is 0 Å². The summed E-state index contributed by atoms with van der Waals surface area (Å²) in [7, 11) is 0. The molecule has 1 aromatic heterocycles. The number of pyridine rings is 1. The normalized spacial score (nSPS) is 10.5. The zero-order chi connectivity index (χ0) is 9.42. The molecule has 2 aromatic rings. The summed E-state index contributed by atoms with van der Waals surface area (Å²) >= 11 is 0. The second-order valence-electron chi connectivity index (χ2n) is 2.95. The van der Waals surface area contributed by atoms with E-state index in [0.717, 1.165) is 5.69 Å². The van der Waals surface area contributed by atoms with Crippen LogP contribution in [0.15, 0.2) is 24.3 Å². The molecule has 13 heavy (non-hydrogen) atoms. The predicted molar refractivity (Wildman–Crippen MR) is 49.8 cm³/mol. The highest BCUT2D eigenvalue weighted by atomic mass is 16.3. The SMILES string of the molecule is Cc1ccc2c(O)c(O)ccc2n1. The third-order valence-electron chi connectivity index (χ3n) is 1.96. The number of aromatic hydroxyl groups is 2. The van der Waals surface area contributed by atoms with E-state index in [0.29, 0.717) is 10.9 Å². The summed E-state index contributed by atoms with van der Waals surface area (Å²) < 4.78 is 0. The van der Waals surface area contributed by atoms with Gasteiger partial charge >= 0.3 is 0 Å². The molecule has 0 fully saturated rings. The Hall–Kier alpha value is -1.77. The van der Waals surface area contributed by atoms with Crippen LogP contribution in [0.3, 0.4) is 0 Å². The number of fused-ring (bicyclic) bond motifs is 1. The first-order valence-electron chi connectivity index (χ1n) is 3.97. The molecule has 66 valence electrons. The quantitative estimate of drug-likeness (QED) is 0.602. The van der Waals surface area contributed by atoms with E-state index in [1.54, 1.807) is 18.2 Å². The number of phenols is 2. The molecule has 0 saturated carbocycles. The fraction of sp³-hybridized carbons (Fsp3) is 0.100. The first kappa shape index (κ1) is 7.86. The van der Waals surface area contributed by atoms with Crippen molar-refractivity contribution in [2.24, 2.45) is 0 Å². The maximum atomic E-state index is 9.46. The molecule has 0 radical (unpaired) electrons. The van der Waals surface area contributed by atoms with Gasteiger partial charge in [0.1, 0.15) is 0 Å². The highest BCUT2D eigenvalue weighted by Crippen LogP contribution is 2.32. The topological polar surface area (TPSA) is 53.4 Å². The Labute approximate surface area is 75.3 Å². The van der Waals surface area contributed by atoms with Crippen LogP contribution in [0.1, 0.15) is 5.69 Å². The number of hydrogen-bond donors (Lipinski definition) is 2. The number of nitrogens with zero attached hydrogens (tertiary/aromatic N) is 1. The third-order valence-corrected chi connectivity index (χ3v) is 1.96. The molecular formula is C10H9NO2. The lowest BCUT2D eigenvalue weighted by atomic mass is 10.2. The number of hydrogen-bond acceptors (Lipinski definition) is 3. The fourth-order valence-electron chi connectivity index (χ4n) is 1.28. The number of aromatic nitrogens is 1. The number of aryl methyl sites for hydroxylation is 1. The third kappa shape index (κ3) is 1.18. The zero-order valence-electron chi connectivity index (χ0n) is 7.15. The molecule has 1 heterocycles. The predicted octanol–water partition coefficient (Wildman–Crippen LogP) is 1.95. The maximum Gasteiger partial charge on any atom is 0.167 e. The van der Waals surface area contributed by atoms with Crippen LogP contribution in [-0.4, -0.2) is 15.2 Å². The Kier molecular flexibility index (Phi) is 1.59. The largest absolute Gasteiger partial charge is 0.504 e. The molecule has 2 N–H and O–H groups in total. The van der Waals surface area contributed by atoms with Gasteiger partial charge in [-0.3, -0.25) is 4.98 Å². The number of phenolic OH excluding ortho intramolecular Hbond substituents is 2. The maximum absolute atomic E-state index is 9.46. The van der Waals surface area contributed by atoms with Crippen LogP contribution in [0.4, 0.5) is 0 Å². The van der Waals surface area contributed by atoms with Crippen molar-refractivity contribution >= 4 is 10.9 Å². The summed E-state index contributed by atoms with van der Waals surface area (Å²) in [6.07, 6.45) is 0. The van der Waals surface area contributed by atoms with Crippen LogP contribution in [-0.2, 0) is 0 Å². The lowest BCUT2D eigenvalue weighted by Gasteiger charge is -2.02. The fourth-order valence-corrected chi connectivity index (χ4v) is 1.28. The first-order valence-corrected chi connectivity index (χ1v) is 3.97. The molecule has 0 bridgehead atoms. The van der Waals surface area contributed by atoms with Crippen molar-refractivity contribution in [3.63, 3.8) is 0 Å². The second-order valence-corrected chi connectivity index (χ2v) is 2.95. The van der Waals surface area contributed by atoms with Gasteiger partial charge in [0.2, 0.25) is 0 Å². The number of benzene rings is 1. The molecule has 0 aliphatic rings. The summed E-state index contributed by atoms with van der Waals surface area (Å²) in [6.45, 7) is 1.88. The summed E-state index contributed by atoms with van der Waals surface area (Å²) in [5.74, 6) is -0.219. The van der Waals surface area contributed by atoms with E-state index < -0.39 is 0 Å². The summed E-state index contributed by atoms with van der Waals surface area (Å²) in [5, 5.41) is 19.2. The van der Waals surface area contributed by atoms with Crippen molar-refractivity contribution in [2.75, 3.05) is 0 Å². The second kappa shape index (κ2) is 2.62. The van der Waals surface area contributed by atoms with Crippen molar-refractivity contribution in [1.82, 2.24) is 4.98 Å². The minimum atomic E-state index is -0.113. The van der Waals surface area contributed by atoms with E-state index in [2.05, 4.69) is 4.98 Å². The molecule has 0 amide bonds.